The number of hydrogen-bond donors (Lipinski definition) is 3. The summed E-state index contributed by atoms with van der Waals surface area (Å²) >= 11 is 0. The van der Waals surface area contributed by atoms with Crippen LogP contribution in [0, 0.1) is 0 Å². The molecular formula is C18H20N6O3. The number of amides is 4. The van der Waals surface area contributed by atoms with Crippen LogP contribution in [0.2, 0.25) is 0 Å². The Hall–Kier alpha value is -3.49. The molecule has 9 heteroatoms. The molecule has 0 saturated carbocycles. The average molecular weight is 368 g/mol. The molecule has 1 aliphatic heterocycles. The third kappa shape index (κ3) is 4.78. The zero-order valence-electron chi connectivity index (χ0n) is 14.6. The summed E-state index contributed by atoms with van der Waals surface area (Å²) in [4.78, 5) is 45.6. The van der Waals surface area contributed by atoms with Crippen LogP contribution in [0.5, 0.6) is 0 Å². The third-order valence-corrected chi connectivity index (χ3v) is 3.99. The lowest BCUT2D eigenvalue weighted by molar-refractivity contribution is -0.121. The van der Waals surface area contributed by atoms with Gasteiger partial charge in [-0.05, 0) is 24.6 Å². The van der Waals surface area contributed by atoms with Crippen LogP contribution in [0.25, 0.3) is 0 Å². The number of urea groups is 1. The average Bonchev–Trinajstić information content (AvgIpc) is 2.98. The summed E-state index contributed by atoms with van der Waals surface area (Å²) in [7, 11) is 0. The lowest BCUT2D eigenvalue weighted by Gasteiger charge is -2.12. The van der Waals surface area contributed by atoms with Gasteiger partial charge in [-0.3, -0.25) is 9.59 Å². The Labute approximate surface area is 156 Å². The van der Waals surface area contributed by atoms with Gasteiger partial charge < -0.3 is 16.0 Å². The van der Waals surface area contributed by atoms with Crippen molar-refractivity contribution >= 4 is 29.5 Å². The summed E-state index contributed by atoms with van der Waals surface area (Å²) in [5.74, 6) is -0.0418. The van der Waals surface area contributed by atoms with Crippen molar-refractivity contribution < 1.29 is 14.4 Å². The van der Waals surface area contributed by atoms with Crippen LogP contribution in [0.15, 0.2) is 48.8 Å². The van der Waals surface area contributed by atoms with Crippen molar-refractivity contribution in [2.75, 3.05) is 23.3 Å². The van der Waals surface area contributed by atoms with Crippen LogP contribution in [0.1, 0.15) is 12.8 Å². The van der Waals surface area contributed by atoms with Crippen LogP contribution in [-0.4, -0.2) is 46.9 Å². The molecule has 1 saturated heterocycles. The molecule has 3 rings (SSSR count). The summed E-state index contributed by atoms with van der Waals surface area (Å²) < 4.78 is 0. The quantitative estimate of drug-likeness (QED) is 0.471. The Morgan fingerprint density at radius 3 is 2.56 bits per heavy atom. The highest BCUT2D eigenvalue weighted by molar-refractivity contribution is 6.21. The second-order valence-corrected chi connectivity index (χ2v) is 5.90. The molecule has 27 heavy (non-hydrogen) atoms. The van der Waals surface area contributed by atoms with Gasteiger partial charge >= 0.3 is 6.03 Å². The third-order valence-electron chi connectivity index (χ3n) is 3.99. The topological polar surface area (TPSA) is 116 Å². The van der Waals surface area contributed by atoms with Gasteiger partial charge in [0.1, 0.15) is 6.04 Å². The minimum absolute atomic E-state index is 0.140. The molecule has 1 aliphatic rings. The van der Waals surface area contributed by atoms with Crippen LogP contribution < -0.4 is 20.9 Å². The number of anilines is 2. The highest BCUT2D eigenvalue weighted by Gasteiger charge is 2.38. The van der Waals surface area contributed by atoms with E-state index in [-0.39, 0.29) is 24.7 Å². The van der Waals surface area contributed by atoms with Gasteiger partial charge in [0.25, 0.3) is 5.91 Å². The normalized spacial score (nSPS) is 16.1. The van der Waals surface area contributed by atoms with Crippen LogP contribution >= 0.6 is 0 Å². The number of para-hydroxylation sites is 1. The first-order chi connectivity index (χ1) is 13.1. The van der Waals surface area contributed by atoms with Gasteiger partial charge in [0.05, 0.1) is 5.69 Å². The van der Waals surface area contributed by atoms with E-state index in [1.165, 1.54) is 0 Å². The molecule has 2 aromatic rings. The smallest absolute Gasteiger partial charge is 0.329 e. The first-order valence-electron chi connectivity index (χ1n) is 8.62. The van der Waals surface area contributed by atoms with Gasteiger partial charge in [-0.1, -0.05) is 18.2 Å². The monoisotopic (exact) mass is 368 g/mol. The fraction of sp³-hybridized carbons (Fsp3) is 0.278. The summed E-state index contributed by atoms with van der Waals surface area (Å²) in [5.41, 5.74) is 0.515. The van der Waals surface area contributed by atoms with E-state index in [0.29, 0.717) is 24.7 Å². The number of rotatable bonds is 8. The maximum Gasteiger partial charge on any atom is 0.329 e. The number of imide groups is 1. The summed E-state index contributed by atoms with van der Waals surface area (Å²) in [5, 5.41) is 8.36. The number of aromatic nitrogens is 2. The van der Waals surface area contributed by atoms with E-state index in [2.05, 4.69) is 25.9 Å². The molecule has 4 amide bonds. The minimum atomic E-state index is -0.695. The van der Waals surface area contributed by atoms with Crippen molar-refractivity contribution in [2.45, 2.75) is 18.9 Å². The first kappa shape index (κ1) is 18.3. The molecular weight excluding hydrogens is 348 g/mol. The highest BCUT2D eigenvalue weighted by atomic mass is 16.2. The zero-order chi connectivity index (χ0) is 19.1. The van der Waals surface area contributed by atoms with Gasteiger partial charge in [-0.2, -0.15) is 0 Å². The number of nitrogens with zero attached hydrogens (tertiary/aromatic N) is 3. The van der Waals surface area contributed by atoms with Gasteiger partial charge in [-0.15, -0.1) is 0 Å². The molecule has 1 fully saturated rings. The molecule has 1 aromatic heterocycles. The molecule has 1 aromatic carbocycles. The van der Waals surface area contributed by atoms with E-state index in [1.54, 1.807) is 42.7 Å². The Kier molecular flexibility index (Phi) is 5.93. The fourth-order valence-electron chi connectivity index (χ4n) is 2.68. The lowest BCUT2D eigenvalue weighted by atomic mass is 10.1. The Balaban J connectivity index is 1.40. The van der Waals surface area contributed by atoms with Crippen LogP contribution in [0.4, 0.5) is 16.4 Å². The number of hydrogen-bond acceptors (Lipinski definition) is 6. The van der Waals surface area contributed by atoms with Gasteiger partial charge in [0.2, 0.25) is 11.9 Å². The van der Waals surface area contributed by atoms with E-state index in [0.717, 1.165) is 4.90 Å². The van der Waals surface area contributed by atoms with E-state index < -0.39 is 12.1 Å². The van der Waals surface area contributed by atoms with Crippen LogP contribution in [-0.2, 0) is 9.59 Å². The standard InChI is InChI=1S/C18H20N6O3/c25-15(19-11-12-22-17-20-9-4-10-21-17)8-7-14-16(26)24(18(27)23-14)13-5-2-1-3-6-13/h1-6,9-10,14H,7-8,11-12H2,(H,19,25)(H,23,27)(H,20,21,22)/t14-/m0/s1. The number of carbonyl (C=O) groups excluding carboxylic acids is 3. The predicted octanol–water partition coefficient (Wildman–Crippen LogP) is 0.910. The molecule has 1 atom stereocenters. The maximum absolute atomic E-state index is 12.4. The number of benzene rings is 1. The molecule has 0 radical (unpaired) electrons. The molecule has 140 valence electrons. The minimum Gasteiger partial charge on any atom is -0.354 e. The molecule has 2 heterocycles. The molecule has 0 unspecified atom stereocenters. The zero-order valence-corrected chi connectivity index (χ0v) is 14.6. The van der Waals surface area contributed by atoms with Crippen LogP contribution in [0.3, 0.4) is 0 Å². The van der Waals surface area contributed by atoms with E-state index in [9.17, 15) is 14.4 Å². The molecule has 0 aliphatic carbocycles. The van der Waals surface area contributed by atoms with Crippen molar-refractivity contribution in [3.63, 3.8) is 0 Å². The Morgan fingerprint density at radius 2 is 1.81 bits per heavy atom. The molecule has 3 N–H and O–H groups in total. The predicted molar refractivity (Wildman–Crippen MR) is 99.0 cm³/mol. The van der Waals surface area contributed by atoms with E-state index in [1.807, 2.05) is 6.07 Å². The Bertz CT molecular complexity index is 799. The van der Waals surface area contributed by atoms with Crippen molar-refractivity contribution in [2.24, 2.45) is 0 Å². The van der Waals surface area contributed by atoms with Crippen molar-refractivity contribution in [1.82, 2.24) is 20.6 Å². The second-order valence-electron chi connectivity index (χ2n) is 5.90. The summed E-state index contributed by atoms with van der Waals surface area (Å²) in [6.45, 7) is 0.884. The molecule has 9 nitrogen and oxygen atoms in total. The van der Waals surface area contributed by atoms with Crippen molar-refractivity contribution in [3.05, 3.63) is 48.8 Å². The van der Waals surface area contributed by atoms with Crippen molar-refractivity contribution in [3.8, 4) is 0 Å². The molecule has 0 bridgehead atoms. The summed E-state index contributed by atoms with van der Waals surface area (Å²) in [6.07, 6.45) is 3.63. The largest absolute Gasteiger partial charge is 0.354 e. The Morgan fingerprint density at radius 1 is 1.07 bits per heavy atom. The summed E-state index contributed by atoms with van der Waals surface area (Å²) in [6, 6.07) is 9.25. The number of nitrogens with one attached hydrogen (secondary N) is 3. The number of carbonyl (C=O) groups is 3. The first-order valence-corrected chi connectivity index (χ1v) is 8.62. The van der Waals surface area contributed by atoms with Crippen molar-refractivity contribution in [1.29, 1.82) is 0 Å². The maximum atomic E-state index is 12.4. The van der Waals surface area contributed by atoms with Gasteiger partial charge in [0.15, 0.2) is 0 Å². The highest BCUT2D eigenvalue weighted by Crippen LogP contribution is 2.20. The van der Waals surface area contributed by atoms with Gasteiger partial charge in [-0.25, -0.2) is 19.7 Å². The fourth-order valence-corrected chi connectivity index (χ4v) is 2.68. The lowest BCUT2D eigenvalue weighted by Crippen LogP contribution is -2.33. The van der Waals surface area contributed by atoms with Gasteiger partial charge in [0, 0.05) is 31.9 Å². The second kappa shape index (κ2) is 8.75. The van der Waals surface area contributed by atoms with E-state index >= 15 is 0 Å². The van der Waals surface area contributed by atoms with E-state index in [4.69, 9.17) is 0 Å². The molecule has 0 spiro atoms. The SMILES string of the molecule is O=C(CC[C@@H]1NC(=O)N(c2ccccc2)C1=O)NCCNc1ncccn1.